The summed E-state index contributed by atoms with van der Waals surface area (Å²) in [7, 11) is 7.81. The molecule has 0 saturated heterocycles. The zero-order valence-corrected chi connectivity index (χ0v) is 7.41. The van der Waals surface area contributed by atoms with Crippen LogP contribution in [0.3, 0.4) is 0 Å². The molecule has 0 unspecified atom stereocenters. The van der Waals surface area contributed by atoms with Gasteiger partial charge in [0.1, 0.15) is 14.2 Å². The molecule has 0 atom stereocenters. The average Bonchev–Trinajstić information content (AvgIpc) is 1.33. The maximum absolute atomic E-state index is 3.06. The van der Waals surface area contributed by atoms with E-state index in [0.29, 0.717) is 0 Å². The minimum absolute atomic E-state index is 1.08. The lowest BCUT2D eigenvalue weighted by molar-refractivity contribution is 0.142. The van der Waals surface area contributed by atoms with Crippen molar-refractivity contribution in [1.82, 2.24) is 0 Å². The van der Waals surface area contributed by atoms with Crippen LogP contribution in [0.1, 0.15) is 0 Å². The highest BCUT2D eigenvalue weighted by Gasteiger charge is 1.69. The lowest BCUT2D eigenvalue weighted by Gasteiger charge is -1.90. The monoisotopic (exact) mass is 132 g/mol. The fraction of sp³-hybridized carbons (Fsp3) is 1.00. The fourth-order valence-electron chi connectivity index (χ4n) is 0. The van der Waals surface area contributed by atoms with E-state index in [2.05, 4.69) is 27.6 Å². The van der Waals surface area contributed by atoms with Gasteiger partial charge >= 0.3 is 10.5 Å². The molecule has 0 saturated carbocycles. The molecule has 0 aromatic carbocycles. The van der Waals surface area contributed by atoms with Crippen LogP contribution in [0.25, 0.3) is 0 Å². The van der Waals surface area contributed by atoms with Crippen molar-refractivity contribution in [2.45, 2.75) is 13.1 Å². The van der Waals surface area contributed by atoms with Crippen LogP contribution in [0.15, 0.2) is 0 Å². The van der Waals surface area contributed by atoms with Crippen molar-refractivity contribution in [3.05, 3.63) is 0 Å². The lowest BCUT2D eigenvalue weighted by atomic mass is 11.6. The largest absolute Gasteiger partial charge is 0.622 e. The van der Waals surface area contributed by atoms with E-state index < -0.39 is 0 Å². The summed E-state index contributed by atoms with van der Waals surface area (Å²) in [6.07, 6.45) is 0. The van der Waals surface area contributed by atoms with E-state index in [0.717, 1.165) is 9.52 Å². The second kappa shape index (κ2) is 9.64. The average molecular weight is 132 g/mol. The minimum atomic E-state index is 1.08. The van der Waals surface area contributed by atoms with Crippen molar-refractivity contribution >= 4 is 20.0 Å². The van der Waals surface area contributed by atoms with Crippen molar-refractivity contribution in [3.63, 3.8) is 0 Å². The van der Waals surface area contributed by atoms with Crippen molar-refractivity contribution in [2.75, 3.05) is 14.2 Å². The fourth-order valence-corrected chi connectivity index (χ4v) is 0. The third kappa shape index (κ3) is 796. The quantitative estimate of drug-likeness (QED) is 0.336. The van der Waals surface area contributed by atoms with Crippen LogP contribution in [0.2, 0.25) is 13.1 Å². The van der Waals surface area contributed by atoms with Gasteiger partial charge in [0.2, 0.25) is 0 Å². The van der Waals surface area contributed by atoms with Crippen LogP contribution in [0, 0.1) is 0 Å². The molecule has 4 radical (unpaired) electrons. The highest BCUT2D eigenvalue weighted by Crippen LogP contribution is 1.57. The van der Waals surface area contributed by atoms with Gasteiger partial charge in [-0.3, -0.25) is 0 Å². The summed E-state index contributed by atoms with van der Waals surface area (Å²) in [6, 6.07) is 0. The molecular weight excluding hydrogens is 120 g/mol. The topological polar surface area (TPSA) is 2.70 Å². The van der Waals surface area contributed by atoms with E-state index in [1.165, 1.54) is 0 Å². The van der Waals surface area contributed by atoms with Gasteiger partial charge in [-0.25, -0.2) is 13.1 Å². The summed E-state index contributed by atoms with van der Waals surface area (Å²) < 4.78 is 2.39. The predicted molar refractivity (Wildman–Crippen MR) is 36.2 cm³/mol. The van der Waals surface area contributed by atoms with Gasteiger partial charge in [-0.15, -0.1) is 0 Å². The zero-order valence-electron chi connectivity index (χ0n) is 5.41. The normalized spacial score (nSPS) is 7.71. The van der Waals surface area contributed by atoms with E-state index >= 15 is 0 Å². The summed E-state index contributed by atoms with van der Waals surface area (Å²) in [4.78, 5) is 0. The molecule has 42 valence electrons. The SMILES string of the molecule is C[O+](C)[Si].C[Si-]C. The Morgan fingerprint density at radius 2 is 1.29 bits per heavy atom. The molecular formula is C4H12OSi2. The molecule has 0 aromatic rings. The second-order valence-electron chi connectivity index (χ2n) is 1.32. The molecule has 0 aliphatic rings. The Kier molecular flexibility index (Phi) is 14.3. The van der Waals surface area contributed by atoms with Gasteiger partial charge in [-0.2, -0.15) is 0 Å². The van der Waals surface area contributed by atoms with Gasteiger partial charge in [0, 0.05) is 0 Å². The summed E-state index contributed by atoms with van der Waals surface area (Å²) in [5, 5.41) is 0. The van der Waals surface area contributed by atoms with E-state index in [9.17, 15) is 0 Å². The Morgan fingerprint density at radius 1 is 1.29 bits per heavy atom. The first-order valence-electron chi connectivity index (χ1n) is 2.02. The van der Waals surface area contributed by atoms with Crippen LogP contribution in [-0.2, 0) is 4.06 Å². The van der Waals surface area contributed by atoms with E-state index in [1.54, 1.807) is 0 Å². The van der Waals surface area contributed by atoms with Crippen molar-refractivity contribution in [1.29, 1.82) is 0 Å². The van der Waals surface area contributed by atoms with Gasteiger partial charge in [-0.05, 0) is 0 Å². The zero-order chi connectivity index (χ0) is 6.28. The summed E-state index contributed by atoms with van der Waals surface area (Å²) in [5.41, 5.74) is 0. The van der Waals surface area contributed by atoms with E-state index in [4.69, 9.17) is 0 Å². The molecule has 0 aliphatic carbocycles. The molecule has 0 rings (SSSR count). The first-order valence-corrected chi connectivity index (χ1v) is 4.43. The Morgan fingerprint density at radius 3 is 1.29 bits per heavy atom. The molecule has 0 aliphatic heterocycles. The van der Waals surface area contributed by atoms with Crippen LogP contribution in [-0.4, -0.2) is 34.2 Å². The number of rotatable bonds is 0. The smallest absolute Gasteiger partial charge is 0.516 e. The van der Waals surface area contributed by atoms with Gasteiger partial charge in [0.05, 0.1) is 0 Å². The molecule has 0 heterocycles. The summed E-state index contributed by atoms with van der Waals surface area (Å²) in [6.45, 7) is 4.31. The molecule has 1 nitrogen and oxygen atoms in total. The van der Waals surface area contributed by atoms with Crippen LogP contribution >= 0.6 is 0 Å². The van der Waals surface area contributed by atoms with E-state index in [1.807, 2.05) is 14.2 Å². The molecule has 3 heteroatoms. The maximum Gasteiger partial charge on any atom is 0.622 e. The van der Waals surface area contributed by atoms with E-state index in [-0.39, 0.29) is 0 Å². The molecule has 0 fully saturated rings. The molecule has 0 N–H and O–H groups in total. The molecule has 0 amide bonds. The van der Waals surface area contributed by atoms with Crippen molar-refractivity contribution in [2.24, 2.45) is 0 Å². The Bertz CT molecular complexity index is 20.9. The van der Waals surface area contributed by atoms with Crippen molar-refractivity contribution in [3.8, 4) is 0 Å². The van der Waals surface area contributed by atoms with Crippen LogP contribution in [0.4, 0.5) is 0 Å². The summed E-state index contributed by atoms with van der Waals surface area (Å²) in [5.74, 6) is 0. The Balaban J connectivity index is 0. The van der Waals surface area contributed by atoms with Crippen LogP contribution in [0.5, 0.6) is 0 Å². The third-order valence-electron chi connectivity index (χ3n) is 0. The summed E-state index contributed by atoms with van der Waals surface area (Å²) >= 11 is 0. The Hall–Kier alpha value is 0.394. The van der Waals surface area contributed by atoms with Gasteiger partial charge < -0.3 is 13.6 Å². The van der Waals surface area contributed by atoms with Gasteiger partial charge in [0.25, 0.3) is 0 Å². The first-order chi connectivity index (χ1) is 3.15. The lowest BCUT2D eigenvalue weighted by Crippen LogP contribution is -1.90. The van der Waals surface area contributed by atoms with Crippen molar-refractivity contribution < 1.29 is 4.06 Å². The number of hydrogen-bond acceptors (Lipinski definition) is 0. The highest BCUT2D eigenvalue weighted by atomic mass is 28.2. The molecule has 0 aromatic heterocycles. The van der Waals surface area contributed by atoms with Crippen LogP contribution < -0.4 is 0 Å². The second-order valence-corrected chi connectivity index (χ2v) is 3.13. The molecule has 7 heavy (non-hydrogen) atoms. The molecule has 0 bridgehead atoms. The highest BCUT2D eigenvalue weighted by molar-refractivity contribution is 6.31. The predicted octanol–water partition coefficient (Wildman–Crippen LogP) is 0.669. The third-order valence-corrected chi connectivity index (χ3v) is 0. The number of hydrogen-bond donors (Lipinski definition) is 0. The minimum Gasteiger partial charge on any atom is -0.516 e. The maximum atomic E-state index is 3.06. The van der Waals surface area contributed by atoms with Gasteiger partial charge in [-0.1, -0.05) is 0 Å². The standard InChI is InChI=1S/C2H6OSi.C2H6Si/c1-3(2)4;1-3-2/h1-2H3;1-2H3/q+1;-1. The Labute approximate surface area is 52.1 Å². The van der Waals surface area contributed by atoms with Gasteiger partial charge in [0.15, 0.2) is 0 Å². The first kappa shape index (κ1) is 10.4. The molecule has 0 spiro atoms.